The predicted octanol–water partition coefficient (Wildman–Crippen LogP) is 4.01. The van der Waals surface area contributed by atoms with E-state index in [2.05, 4.69) is 5.32 Å². The Morgan fingerprint density at radius 2 is 1.94 bits per heavy atom. The number of aliphatic hydroxyl groups excluding tert-OH is 1. The number of halogens is 2. The number of likely N-dealkylation sites (tertiary alicyclic amines) is 1. The van der Waals surface area contributed by atoms with E-state index in [1.54, 1.807) is 25.7 Å². The Morgan fingerprint density at radius 1 is 1.26 bits per heavy atom. The molecule has 1 saturated heterocycles. The minimum Gasteiger partial charge on any atom is -0.444 e. The summed E-state index contributed by atoms with van der Waals surface area (Å²) in [6.45, 7) is 7.37. The second-order valence-corrected chi connectivity index (χ2v) is 9.90. The van der Waals surface area contributed by atoms with Gasteiger partial charge in [0.25, 0.3) is 5.91 Å². The molecule has 1 aromatic carbocycles. The van der Waals surface area contributed by atoms with Crippen LogP contribution >= 0.6 is 0 Å². The first kappa shape index (κ1) is 23.4. The monoisotopic (exact) mass is 438 g/mol. The molecule has 0 bridgehead atoms. The lowest BCUT2D eigenvalue weighted by Gasteiger charge is -2.37. The SMILES string of the molecule is CC(C)(C)OC(=O)N1[C@@H](CNC(=O)c2cc(F)ccc2F)C[C@@]2(C)[C@@H](O)CCCC[C@@H]12. The molecule has 1 aliphatic heterocycles. The second kappa shape index (κ2) is 8.73. The average molecular weight is 439 g/mol. The average Bonchev–Trinajstić information content (AvgIpc) is 2.88. The summed E-state index contributed by atoms with van der Waals surface area (Å²) in [4.78, 5) is 27.2. The number of hydrogen-bond donors (Lipinski definition) is 2. The maximum Gasteiger partial charge on any atom is 0.410 e. The molecule has 2 N–H and O–H groups in total. The quantitative estimate of drug-likeness (QED) is 0.747. The zero-order chi connectivity index (χ0) is 23.0. The number of ether oxygens (including phenoxy) is 1. The third-order valence-corrected chi connectivity index (χ3v) is 6.41. The van der Waals surface area contributed by atoms with Crippen molar-refractivity contribution in [2.24, 2.45) is 5.41 Å². The number of amides is 2. The van der Waals surface area contributed by atoms with Gasteiger partial charge in [0.15, 0.2) is 0 Å². The van der Waals surface area contributed by atoms with Crippen LogP contribution < -0.4 is 5.32 Å². The zero-order valence-electron chi connectivity index (χ0n) is 18.6. The summed E-state index contributed by atoms with van der Waals surface area (Å²) in [7, 11) is 0. The van der Waals surface area contributed by atoms with Crippen molar-refractivity contribution in [3.05, 3.63) is 35.4 Å². The van der Waals surface area contributed by atoms with Crippen molar-refractivity contribution < 1.29 is 28.2 Å². The highest BCUT2D eigenvalue weighted by molar-refractivity contribution is 5.94. The molecule has 0 spiro atoms. The van der Waals surface area contributed by atoms with Crippen molar-refractivity contribution in [2.45, 2.75) is 83.6 Å². The first-order valence-electron chi connectivity index (χ1n) is 10.8. The van der Waals surface area contributed by atoms with Crippen molar-refractivity contribution >= 4 is 12.0 Å². The maximum atomic E-state index is 14.0. The minimum absolute atomic E-state index is 0.0485. The number of nitrogens with zero attached hydrogens (tertiary/aromatic N) is 1. The first-order valence-corrected chi connectivity index (χ1v) is 10.8. The van der Waals surface area contributed by atoms with Crippen LogP contribution in [0, 0.1) is 17.0 Å². The molecule has 6 nitrogen and oxygen atoms in total. The second-order valence-electron chi connectivity index (χ2n) is 9.90. The van der Waals surface area contributed by atoms with E-state index in [0.29, 0.717) is 12.8 Å². The van der Waals surface area contributed by atoms with Crippen molar-refractivity contribution in [1.82, 2.24) is 10.2 Å². The summed E-state index contributed by atoms with van der Waals surface area (Å²) < 4.78 is 33.1. The van der Waals surface area contributed by atoms with E-state index in [9.17, 15) is 23.5 Å². The molecule has 0 aromatic heterocycles. The molecule has 3 rings (SSSR count). The zero-order valence-corrected chi connectivity index (χ0v) is 18.6. The van der Waals surface area contributed by atoms with Crippen LogP contribution in [0.15, 0.2) is 18.2 Å². The summed E-state index contributed by atoms with van der Waals surface area (Å²) in [5, 5.41) is 13.5. The number of fused-ring (bicyclic) bond motifs is 1. The highest BCUT2D eigenvalue weighted by Gasteiger charge is 2.55. The Balaban J connectivity index is 1.83. The largest absolute Gasteiger partial charge is 0.444 e. The lowest BCUT2D eigenvalue weighted by Crippen LogP contribution is -2.50. The molecule has 1 aromatic rings. The number of rotatable bonds is 3. The maximum absolute atomic E-state index is 14.0. The number of carbonyl (C=O) groups is 2. The molecule has 4 atom stereocenters. The topological polar surface area (TPSA) is 78.9 Å². The normalized spacial score (nSPS) is 28.6. The molecule has 0 unspecified atom stereocenters. The van der Waals surface area contributed by atoms with Gasteiger partial charge in [0, 0.05) is 18.0 Å². The van der Waals surface area contributed by atoms with Crippen molar-refractivity contribution in [2.75, 3.05) is 6.54 Å². The Morgan fingerprint density at radius 3 is 2.61 bits per heavy atom. The molecule has 1 aliphatic carbocycles. The Bertz CT molecular complexity index is 841. The number of aliphatic hydroxyl groups is 1. The van der Waals surface area contributed by atoms with Gasteiger partial charge in [-0.15, -0.1) is 0 Å². The summed E-state index contributed by atoms with van der Waals surface area (Å²) in [5.41, 5.74) is -1.62. The van der Waals surface area contributed by atoms with E-state index >= 15 is 0 Å². The van der Waals surface area contributed by atoms with Crippen LogP contribution in [0.4, 0.5) is 13.6 Å². The molecule has 2 fully saturated rings. The predicted molar refractivity (Wildman–Crippen MR) is 112 cm³/mol. The van der Waals surface area contributed by atoms with Gasteiger partial charge in [0.1, 0.15) is 17.2 Å². The Kier molecular flexibility index (Phi) is 6.60. The third kappa shape index (κ3) is 5.00. The summed E-state index contributed by atoms with van der Waals surface area (Å²) in [6, 6.07) is 2.04. The van der Waals surface area contributed by atoms with Gasteiger partial charge >= 0.3 is 6.09 Å². The van der Waals surface area contributed by atoms with E-state index in [-0.39, 0.29) is 18.2 Å². The van der Waals surface area contributed by atoms with Gasteiger partial charge < -0.3 is 15.2 Å². The molecule has 1 heterocycles. The molecule has 2 aliphatic rings. The van der Waals surface area contributed by atoms with Crippen LogP contribution in [-0.2, 0) is 4.74 Å². The van der Waals surface area contributed by atoms with Crippen molar-refractivity contribution in [3.63, 3.8) is 0 Å². The van der Waals surface area contributed by atoms with Crippen molar-refractivity contribution in [3.8, 4) is 0 Å². The lowest BCUT2D eigenvalue weighted by atomic mass is 9.75. The summed E-state index contributed by atoms with van der Waals surface area (Å²) in [6.07, 6.45) is 2.56. The number of benzene rings is 1. The van der Waals surface area contributed by atoms with Gasteiger partial charge in [-0.3, -0.25) is 9.69 Å². The van der Waals surface area contributed by atoms with Gasteiger partial charge in [-0.05, 0) is 58.2 Å². The van der Waals surface area contributed by atoms with E-state index in [1.807, 2.05) is 6.92 Å². The van der Waals surface area contributed by atoms with Crippen LogP contribution in [0.5, 0.6) is 0 Å². The molecule has 1 saturated carbocycles. The van der Waals surface area contributed by atoms with Gasteiger partial charge in [0.2, 0.25) is 0 Å². The van der Waals surface area contributed by atoms with Crippen LogP contribution in [0.3, 0.4) is 0 Å². The molecule has 2 amide bonds. The molecule has 31 heavy (non-hydrogen) atoms. The number of nitrogens with one attached hydrogen (secondary N) is 1. The first-order chi connectivity index (χ1) is 14.4. The van der Waals surface area contributed by atoms with Crippen molar-refractivity contribution in [1.29, 1.82) is 0 Å². The van der Waals surface area contributed by atoms with Gasteiger partial charge in [-0.1, -0.05) is 19.8 Å². The van der Waals surface area contributed by atoms with Crippen LogP contribution in [-0.4, -0.2) is 52.3 Å². The van der Waals surface area contributed by atoms with Crippen LogP contribution in [0.1, 0.15) is 70.2 Å². The fourth-order valence-corrected chi connectivity index (χ4v) is 4.89. The van der Waals surface area contributed by atoms with E-state index < -0.39 is 46.8 Å². The van der Waals surface area contributed by atoms with E-state index in [0.717, 1.165) is 37.5 Å². The molecule has 8 heteroatoms. The fraction of sp³-hybridized carbons (Fsp3) is 0.652. The van der Waals surface area contributed by atoms with E-state index in [4.69, 9.17) is 4.74 Å². The third-order valence-electron chi connectivity index (χ3n) is 6.41. The molecular weight excluding hydrogens is 406 g/mol. The standard InChI is InChI=1S/C23H32F2N2O4/c1-22(2,3)31-21(30)27-15(12-23(4)18(27)7-5-6-8-19(23)28)13-26-20(29)16-11-14(24)9-10-17(16)25/h9-11,15,18-19,28H,5-8,12-13H2,1-4H3,(H,26,29)/t15-,18-,19+,23-/m1/s1. The fourth-order valence-electron chi connectivity index (χ4n) is 4.89. The van der Waals surface area contributed by atoms with Gasteiger partial charge in [-0.2, -0.15) is 0 Å². The number of hydrogen-bond acceptors (Lipinski definition) is 4. The Hall–Kier alpha value is -2.22. The summed E-state index contributed by atoms with van der Waals surface area (Å²) in [5.74, 6) is -2.28. The molecule has 0 radical (unpaired) electrons. The highest BCUT2D eigenvalue weighted by Crippen LogP contribution is 2.48. The van der Waals surface area contributed by atoms with E-state index in [1.165, 1.54) is 0 Å². The van der Waals surface area contributed by atoms with Gasteiger partial charge in [0.05, 0.1) is 17.7 Å². The number of carbonyl (C=O) groups excluding carboxylic acids is 2. The smallest absolute Gasteiger partial charge is 0.410 e. The molecule has 172 valence electrons. The highest BCUT2D eigenvalue weighted by atomic mass is 19.1. The van der Waals surface area contributed by atoms with Crippen LogP contribution in [0.2, 0.25) is 0 Å². The Labute approximate surface area is 181 Å². The molecular formula is C23H32F2N2O4. The van der Waals surface area contributed by atoms with Gasteiger partial charge in [-0.25, -0.2) is 13.6 Å². The van der Waals surface area contributed by atoms with Crippen LogP contribution in [0.25, 0.3) is 0 Å². The minimum atomic E-state index is -0.818. The summed E-state index contributed by atoms with van der Waals surface area (Å²) >= 11 is 0. The lowest BCUT2D eigenvalue weighted by molar-refractivity contribution is -0.00901.